The summed E-state index contributed by atoms with van der Waals surface area (Å²) in [6.45, 7) is 1.11. The van der Waals surface area contributed by atoms with Gasteiger partial charge in [0.15, 0.2) is 0 Å². The Morgan fingerprint density at radius 1 is 1.44 bits per heavy atom. The highest BCUT2D eigenvalue weighted by atomic mass is 79.9. The van der Waals surface area contributed by atoms with Crippen LogP contribution < -0.4 is 5.32 Å². The normalized spacial score (nSPS) is 29.6. The van der Waals surface area contributed by atoms with Crippen molar-refractivity contribution in [3.63, 3.8) is 0 Å². The molecule has 1 fully saturated rings. The number of hydrogen-bond acceptors (Lipinski definition) is 3. The van der Waals surface area contributed by atoms with E-state index in [1.165, 1.54) is 11.3 Å². The van der Waals surface area contributed by atoms with Crippen LogP contribution in [-0.4, -0.2) is 24.4 Å². The molecule has 4 heteroatoms. The summed E-state index contributed by atoms with van der Waals surface area (Å²) in [4.78, 5) is 0. The lowest BCUT2D eigenvalue weighted by atomic mass is 9.82. The van der Waals surface area contributed by atoms with E-state index in [0.29, 0.717) is 12.0 Å². The van der Waals surface area contributed by atoms with Crippen molar-refractivity contribution in [2.75, 3.05) is 18.5 Å². The molecule has 98 valence electrons. The van der Waals surface area contributed by atoms with E-state index in [2.05, 4.69) is 39.4 Å². The van der Waals surface area contributed by atoms with Crippen LogP contribution in [0.4, 0.5) is 5.69 Å². The zero-order valence-corrected chi connectivity index (χ0v) is 11.8. The fourth-order valence-electron chi connectivity index (χ4n) is 3.14. The zero-order chi connectivity index (χ0) is 12.5. The molecule has 2 aliphatic rings. The van der Waals surface area contributed by atoms with Gasteiger partial charge in [-0.1, -0.05) is 15.9 Å². The van der Waals surface area contributed by atoms with Crippen LogP contribution in [0.3, 0.4) is 0 Å². The first kappa shape index (κ1) is 12.5. The molecule has 2 aliphatic heterocycles. The molecule has 3 atom stereocenters. The van der Waals surface area contributed by atoms with Crippen LogP contribution in [0.15, 0.2) is 22.7 Å². The van der Waals surface area contributed by atoms with E-state index in [4.69, 9.17) is 9.84 Å². The van der Waals surface area contributed by atoms with Crippen LogP contribution in [0.2, 0.25) is 0 Å². The highest BCUT2D eigenvalue weighted by Crippen LogP contribution is 2.46. The Labute approximate surface area is 116 Å². The van der Waals surface area contributed by atoms with Gasteiger partial charge in [0, 0.05) is 40.9 Å². The minimum absolute atomic E-state index is 0.224. The van der Waals surface area contributed by atoms with Gasteiger partial charge in [0.25, 0.3) is 0 Å². The molecule has 1 aromatic carbocycles. The van der Waals surface area contributed by atoms with Crippen LogP contribution in [0, 0.1) is 5.92 Å². The molecule has 3 nitrogen and oxygen atoms in total. The molecule has 1 aromatic rings. The minimum atomic E-state index is 0.224. The molecule has 0 spiro atoms. The zero-order valence-electron chi connectivity index (χ0n) is 10.2. The van der Waals surface area contributed by atoms with Gasteiger partial charge in [-0.2, -0.15) is 0 Å². The van der Waals surface area contributed by atoms with Crippen LogP contribution >= 0.6 is 15.9 Å². The number of aliphatic hydroxyl groups is 1. The Balaban J connectivity index is 1.89. The van der Waals surface area contributed by atoms with Crippen LogP contribution in [0.1, 0.15) is 30.9 Å². The average molecular weight is 312 g/mol. The van der Waals surface area contributed by atoms with Crippen molar-refractivity contribution < 1.29 is 9.84 Å². The number of halogens is 1. The van der Waals surface area contributed by atoms with Gasteiger partial charge in [-0.15, -0.1) is 0 Å². The summed E-state index contributed by atoms with van der Waals surface area (Å²) < 4.78 is 7.03. The lowest BCUT2D eigenvalue weighted by molar-refractivity contribution is 0.0813. The summed E-state index contributed by atoms with van der Waals surface area (Å²) in [6.07, 6.45) is 3.20. The molecule has 0 aromatic heterocycles. The maximum atomic E-state index is 9.00. The summed E-state index contributed by atoms with van der Waals surface area (Å²) in [5.74, 6) is 0.540. The molecule has 2 heterocycles. The topological polar surface area (TPSA) is 41.5 Å². The average Bonchev–Trinajstić information content (AvgIpc) is 2.86. The fraction of sp³-hybridized carbons (Fsp3) is 0.571. The maximum absolute atomic E-state index is 9.00. The van der Waals surface area contributed by atoms with Crippen molar-refractivity contribution >= 4 is 21.6 Å². The van der Waals surface area contributed by atoms with Crippen LogP contribution in [0.25, 0.3) is 0 Å². The Morgan fingerprint density at radius 3 is 3.17 bits per heavy atom. The third-order valence-electron chi connectivity index (χ3n) is 3.99. The number of aliphatic hydroxyl groups excluding tert-OH is 1. The van der Waals surface area contributed by atoms with Crippen molar-refractivity contribution in [1.82, 2.24) is 0 Å². The van der Waals surface area contributed by atoms with Crippen molar-refractivity contribution in [3.8, 4) is 0 Å². The van der Waals surface area contributed by atoms with Gasteiger partial charge in [-0.05, 0) is 37.5 Å². The Bertz CT molecular complexity index is 438. The number of benzene rings is 1. The molecule has 18 heavy (non-hydrogen) atoms. The summed E-state index contributed by atoms with van der Waals surface area (Å²) in [5.41, 5.74) is 2.46. The number of ether oxygens (including phenoxy) is 1. The van der Waals surface area contributed by atoms with Crippen LogP contribution in [-0.2, 0) is 4.74 Å². The summed E-state index contributed by atoms with van der Waals surface area (Å²) >= 11 is 3.53. The quantitative estimate of drug-likeness (QED) is 0.901. The maximum Gasteiger partial charge on any atom is 0.0893 e. The van der Waals surface area contributed by atoms with Gasteiger partial charge in [-0.25, -0.2) is 0 Å². The first-order valence-electron chi connectivity index (χ1n) is 6.58. The third kappa shape index (κ3) is 2.17. The molecule has 1 unspecified atom stereocenters. The highest BCUT2D eigenvalue weighted by molar-refractivity contribution is 9.10. The molecular formula is C14H18BrNO2. The predicted octanol–water partition coefficient (Wildman–Crippen LogP) is 3.09. The molecule has 0 radical (unpaired) electrons. The first-order chi connectivity index (χ1) is 8.79. The number of hydrogen-bond donors (Lipinski definition) is 2. The largest absolute Gasteiger partial charge is 0.396 e. The minimum Gasteiger partial charge on any atom is -0.396 e. The summed E-state index contributed by atoms with van der Waals surface area (Å²) in [7, 11) is 0. The van der Waals surface area contributed by atoms with E-state index >= 15 is 0 Å². The summed E-state index contributed by atoms with van der Waals surface area (Å²) in [5, 5.41) is 12.6. The molecule has 0 saturated carbocycles. The van der Waals surface area contributed by atoms with Gasteiger partial charge in [0.1, 0.15) is 0 Å². The van der Waals surface area contributed by atoms with Crippen molar-refractivity contribution in [2.45, 2.75) is 31.4 Å². The highest BCUT2D eigenvalue weighted by Gasteiger charge is 2.40. The lowest BCUT2D eigenvalue weighted by Crippen LogP contribution is -2.36. The van der Waals surface area contributed by atoms with Crippen molar-refractivity contribution in [2.24, 2.45) is 5.92 Å². The molecule has 1 saturated heterocycles. The predicted molar refractivity (Wildman–Crippen MR) is 74.7 cm³/mol. The molecule has 0 bridgehead atoms. The summed E-state index contributed by atoms with van der Waals surface area (Å²) in [6, 6.07) is 6.76. The van der Waals surface area contributed by atoms with Gasteiger partial charge in [-0.3, -0.25) is 0 Å². The number of fused-ring (bicyclic) bond motifs is 3. The molecule has 2 N–H and O–H groups in total. The number of rotatable bonds is 3. The molecule has 0 aliphatic carbocycles. The van der Waals surface area contributed by atoms with E-state index in [9.17, 15) is 0 Å². The van der Waals surface area contributed by atoms with Crippen molar-refractivity contribution in [1.29, 1.82) is 0 Å². The smallest absolute Gasteiger partial charge is 0.0893 e. The standard InChI is InChI=1S/C14H18BrNO2/c15-9-3-4-13-11(8-9)14-10(5-7-18-14)12(16-13)2-1-6-17/h3-4,8,10,12,14,16-17H,1-2,5-7H2/t10-,12?,14-/m1/s1. The molecule has 0 amide bonds. The lowest BCUT2D eigenvalue weighted by Gasteiger charge is -2.36. The fourth-order valence-corrected chi connectivity index (χ4v) is 3.52. The van der Waals surface area contributed by atoms with E-state index in [1.807, 2.05) is 0 Å². The Hall–Kier alpha value is -0.580. The van der Waals surface area contributed by atoms with Gasteiger partial charge >= 0.3 is 0 Å². The third-order valence-corrected chi connectivity index (χ3v) is 4.48. The van der Waals surface area contributed by atoms with E-state index in [-0.39, 0.29) is 12.7 Å². The van der Waals surface area contributed by atoms with Gasteiger partial charge in [0.05, 0.1) is 6.10 Å². The number of anilines is 1. The van der Waals surface area contributed by atoms with Crippen LogP contribution in [0.5, 0.6) is 0 Å². The number of nitrogens with one attached hydrogen (secondary N) is 1. The monoisotopic (exact) mass is 311 g/mol. The molecular weight excluding hydrogens is 294 g/mol. The second kappa shape index (κ2) is 5.19. The van der Waals surface area contributed by atoms with E-state index < -0.39 is 0 Å². The molecule has 3 rings (SSSR count). The first-order valence-corrected chi connectivity index (χ1v) is 7.37. The Kier molecular flexibility index (Phi) is 3.59. The second-order valence-electron chi connectivity index (χ2n) is 5.09. The van der Waals surface area contributed by atoms with Gasteiger partial charge < -0.3 is 15.2 Å². The van der Waals surface area contributed by atoms with E-state index in [0.717, 1.165) is 30.3 Å². The second-order valence-corrected chi connectivity index (χ2v) is 6.01. The van der Waals surface area contributed by atoms with Crippen molar-refractivity contribution in [3.05, 3.63) is 28.2 Å². The SMILES string of the molecule is OCCCC1Nc2ccc(Br)cc2[C@@H]2OCC[C@H]12. The Morgan fingerprint density at radius 2 is 2.33 bits per heavy atom. The van der Waals surface area contributed by atoms with Gasteiger partial charge in [0.2, 0.25) is 0 Å². The van der Waals surface area contributed by atoms with E-state index in [1.54, 1.807) is 0 Å².